The summed E-state index contributed by atoms with van der Waals surface area (Å²) in [5.41, 5.74) is 3.17. The van der Waals surface area contributed by atoms with E-state index in [4.69, 9.17) is 9.40 Å². The minimum absolute atomic E-state index is 0.0363. The molecule has 1 aliphatic rings. The molecule has 1 atom stereocenters. The van der Waals surface area contributed by atoms with Gasteiger partial charge in [-0.25, -0.2) is 4.98 Å². The van der Waals surface area contributed by atoms with Crippen LogP contribution in [-0.4, -0.2) is 11.5 Å². The van der Waals surface area contributed by atoms with Gasteiger partial charge in [-0.3, -0.25) is 0 Å². The smallest absolute Gasteiger partial charge is 0.215 e. The molecule has 0 spiro atoms. The van der Waals surface area contributed by atoms with E-state index in [1.54, 1.807) is 0 Å². The van der Waals surface area contributed by atoms with Gasteiger partial charge in [0.2, 0.25) is 5.89 Å². The summed E-state index contributed by atoms with van der Waals surface area (Å²) < 4.78 is 5.97. The van der Waals surface area contributed by atoms with Crippen molar-refractivity contribution in [2.75, 3.05) is 6.54 Å². The predicted molar refractivity (Wildman–Crippen MR) is 72.6 cm³/mol. The molecule has 3 rings (SSSR count). The molecule has 18 heavy (non-hydrogen) atoms. The van der Waals surface area contributed by atoms with Crippen LogP contribution in [0.4, 0.5) is 0 Å². The number of fused-ring (bicyclic) bond motifs is 1. The van der Waals surface area contributed by atoms with E-state index in [0.29, 0.717) is 0 Å². The fourth-order valence-corrected chi connectivity index (χ4v) is 2.84. The van der Waals surface area contributed by atoms with Crippen LogP contribution in [0.15, 0.2) is 22.6 Å². The van der Waals surface area contributed by atoms with Crippen molar-refractivity contribution >= 4 is 11.1 Å². The van der Waals surface area contributed by atoms with E-state index >= 15 is 0 Å². The summed E-state index contributed by atoms with van der Waals surface area (Å²) in [6.07, 6.45) is 4.39. The highest BCUT2D eigenvalue weighted by molar-refractivity contribution is 5.73. The van der Waals surface area contributed by atoms with Crippen molar-refractivity contribution in [3.05, 3.63) is 29.7 Å². The Morgan fingerprint density at radius 2 is 2.28 bits per heavy atom. The number of aromatic nitrogens is 1. The summed E-state index contributed by atoms with van der Waals surface area (Å²) in [6.45, 7) is 5.42. The first-order chi connectivity index (χ1) is 8.77. The Balaban J connectivity index is 2.07. The Kier molecular flexibility index (Phi) is 2.86. The lowest BCUT2D eigenvalue weighted by molar-refractivity contribution is 0.292. The molecule has 1 aliphatic heterocycles. The molecule has 1 fully saturated rings. The number of nitrogens with one attached hydrogen (secondary N) is 1. The van der Waals surface area contributed by atoms with E-state index in [-0.39, 0.29) is 5.54 Å². The molecule has 1 unspecified atom stereocenters. The minimum Gasteiger partial charge on any atom is -0.439 e. The monoisotopic (exact) mass is 244 g/mol. The number of oxazole rings is 1. The van der Waals surface area contributed by atoms with Gasteiger partial charge in [-0.05, 0) is 49.9 Å². The normalized spacial score (nSPS) is 23.9. The Labute approximate surface area is 108 Å². The van der Waals surface area contributed by atoms with Crippen LogP contribution in [-0.2, 0) is 12.0 Å². The largest absolute Gasteiger partial charge is 0.439 e. The first-order valence-corrected chi connectivity index (χ1v) is 6.92. The Hall–Kier alpha value is -1.35. The minimum atomic E-state index is -0.0363. The zero-order valence-corrected chi connectivity index (χ0v) is 11.1. The lowest BCUT2D eigenvalue weighted by atomic mass is 9.94. The van der Waals surface area contributed by atoms with Crippen molar-refractivity contribution in [2.45, 2.75) is 45.1 Å². The van der Waals surface area contributed by atoms with Gasteiger partial charge in [0.1, 0.15) is 5.52 Å². The maximum Gasteiger partial charge on any atom is 0.215 e. The van der Waals surface area contributed by atoms with Gasteiger partial charge >= 0.3 is 0 Å². The summed E-state index contributed by atoms with van der Waals surface area (Å²) in [4.78, 5) is 4.72. The van der Waals surface area contributed by atoms with Crippen LogP contribution in [0.25, 0.3) is 11.1 Å². The molecule has 1 aromatic carbocycles. The first kappa shape index (κ1) is 11.7. The summed E-state index contributed by atoms with van der Waals surface area (Å²) in [6, 6.07) is 6.31. The highest BCUT2D eigenvalue weighted by atomic mass is 16.4. The average Bonchev–Trinajstić information content (AvgIpc) is 3.04. The Morgan fingerprint density at radius 3 is 2.94 bits per heavy atom. The molecule has 1 saturated heterocycles. The summed E-state index contributed by atoms with van der Waals surface area (Å²) in [5, 5.41) is 3.57. The summed E-state index contributed by atoms with van der Waals surface area (Å²) >= 11 is 0. The lowest BCUT2D eigenvalue weighted by Crippen LogP contribution is -2.36. The number of hydrogen-bond donors (Lipinski definition) is 1. The third-order valence-electron chi connectivity index (χ3n) is 4.12. The van der Waals surface area contributed by atoms with Gasteiger partial charge in [0, 0.05) is 0 Å². The fraction of sp³-hybridized carbons (Fsp3) is 0.533. The van der Waals surface area contributed by atoms with Crippen molar-refractivity contribution < 1.29 is 4.42 Å². The molecule has 0 radical (unpaired) electrons. The number of aryl methyl sites for hydroxylation is 1. The lowest BCUT2D eigenvalue weighted by Gasteiger charge is -2.23. The van der Waals surface area contributed by atoms with Gasteiger partial charge in [-0.2, -0.15) is 0 Å². The van der Waals surface area contributed by atoms with Crippen molar-refractivity contribution in [2.24, 2.45) is 0 Å². The second-order valence-electron chi connectivity index (χ2n) is 5.14. The first-order valence-electron chi connectivity index (χ1n) is 6.92. The maximum absolute atomic E-state index is 5.97. The Morgan fingerprint density at radius 1 is 1.39 bits per heavy atom. The predicted octanol–water partition coefficient (Wildman–Crippen LogP) is 3.38. The molecular weight excluding hydrogens is 224 g/mol. The van der Waals surface area contributed by atoms with Gasteiger partial charge in [-0.15, -0.1) is 0 Å². The molecule has 3 heteroatoms. The molecule has 2 aromatic rings. The van der Waals surface area contributed by atoms with E-state index in [2.05, 4.69) is 31.3 Å². The highest BCUT2D eigenvalue weighted by Gasteiger charge is 2.38. The van der Waals surface area contributed by atoms with E-state index in [9.17, 15) is 0 Å². The zero-order valence-electron chi connectivity index (χ0n) is 11.1. The van der Waals surface area contributed by atoms with Gasteiger partial charge in [0.05, 0.1) is 5.54 Å². The molecular formula is C15H20N2O. The molecule has 1 N–H and O–H groups in total. The topological polar surface area (TPSA) is 38.1 Å². The fourth-order valence-electron chi connectivity index (χ4n) is 2.84. The molecule has 1 aromatic heterocycles. The molecule has 0 saturated carbocycles. The van der Waals surface area contributed by atoms with E-state index in [1.165, 1.54) is 12.0 Å². The van der Waals surface area contributed by atoms with E-state index in [0.717, 1.165) is 42.8 Å². The van der Waals surface area contributed by atoms with Crippen molar-refractivity contribution in [3.8, 4) is 0 Å². The molecule has 2 heterocycles. The van der Waals surface area contributed by atoms with Crippen molar-refractivity contribution in [1.82, 2.24) is 10.3 Å². The van der Waals surface area contributed by atoms with Gasteiger partial charge < -0.3 is 9.73 Å². The number of hydrogen-bond acceptors (Lipinski definition) is 3. The van der Waals surface area contributed by atoms with Crippen LogP contribution < -0.4 is 5.32 Å². The second-order valence-corrected chi connectivity index (χ2v) is 5.14. The molecule has 3 nitrogen and oxygen atoms in total. The zero-order chi connectivity index (χ0) is 12.6. The van der Waals surface area contributed by atoms with Gasteiger partial charge in [0.25, 0.3) is 0 Å². The van der Waals surface area contributed by atoms with Crippen LogP contribution in [0.2, 0.25) is 0 Å². The second kappa shape index (κ2) is 4.39. The third kappa shape index (κ3) is 1.74. The van der Waals surface area contributed by atoms with Crippen molar-refractivity contribution in [3.63, 3.8) is 0 Å². The SMILES string of the molecule is CCc1ccc2oc(C3(CC)CCCN3)nc2c1. The van der Waals surface area contributed by atoms with Gasteiger partial charge in [0.15, 0.2) is 5.58 Å². The van der Waals surface area contributed by atoms with Crippen LogP contribution in [0.3, 0.4) is 0 Å². The third-order valence-corrected chi connectivity index (χ3v) is 4.12. The van der Waals surface area contributed by atoms with Crippen LogP contribution in [0.5, 0.6) is 0 Å². The van der Waals surface area contributed by atoms with Crippen LogP contribution in [0.1, 0.15) is 44.6 Å². The number of nitrogens with zero attached hydrogens (tertiary/aromatic N) is 1. The molecule has 0 amide bonds. The number of rotatable bonds is 3. The number of benzene rings is 1. The van der Waals surface area contributed by atoms with E-state index in [1.807, 2.05) is 6.07 Å². The Bertz CT molecular complexity index is 553. The molecule has 0 aliphatic carbocycles. The molecule has 0 bridgehead atoms. The highest BCUT2D eigenvalue weighted by Crippen LogP contribution is 2.35. The van der Waals surface area contributed by atoms with Crippen LogP contribution in [0, 0.1) is 0 Å². The van der Waals surface area contributed by atoms with Crippen molar-refractivity contribution in [1.29, 1.82) is 0 Å². The standard InChI is InChI=1S/C15H20N2O/c1-3-11-6-7-13-12(10-11)17-14(18-13)15(4-2)8-5-9-16-15/h6-7,10,16H,3-5,8-9H2,1-2H3. The maximum atomic E-state index is 5.97. The summed E-state index contributed by atoms with van der Waals surface area (Å²) in [7, 11) is 0. The van der Waals surface area contributed by atoms with Gasteiger partial charge in [-0.1, -0.05) is 19.9 Å². The summed E-state index contributed by atoms with van der Waals surface area (Å²) in [5.74, 6) is 0.866. The van der Waals surface area contributed by atoms with Crippen LogP contribution >= 0.6 is 0 Å². The molecule has 96 valence electrons. The quantitative estimate of drug-likeness (QED) is 0.899. The average molecular weight is 244 g/mol. The van der Waals surface area contributed by atoms with E-state index < -0.39 is 0 Å².